The number of hydrogen-bond acceptors (Lipinski definition) is 2. The first kappa shape index (κ1) is 14.9. The third-order valence-corrected chi connectivity index (χ3v) is 5.27. The van der Waals surface area contributed by atoms with E-state index in [0.29, 0.717) is 0 Å². The molecule has 3 rings (SSSR count). The summed E-state index contributed by atoms with van der Waals surface area (Å²) in [7, 11) is 1.77. The van der Waals surface area contributed by atoms with Gasteiger partial charge in [0.05, 0.1) is 7.11 Å². The number of methoxy groups -OCH3 is 1. The maximum Gasteiger partial charge on any atom is 0.119 e. The molecule has 116 valence electrons. The van der Waals surface area contributed by atoms with Crippen molar-refractivity contribution in [1.82, 2.24) is 4.90 Å². The smallest absolute Gasteiger partial charge is 0.119 e. The van der Waals surface area contributed by atoms with Crippen molar-refractivity contribution in [2.45, 2.75) is 57.3 Å². The van der Waals surface area contributed by atoms with Crippen LogP contribution in [0.5, 0.6) is 5.75 Å². The highest BCUT2D eigenvalue weighted by atomic mass is 16.5. The second-order valence-electron chi connectivity index (χ2n) is 6.70. The van der Waals surface area contributed by atoms with Crippen LogP contribution in [0.4, 0.5) is 0 Å². The largest absolute Gasteiger partial charge is 0.497 e. The number of rotatable bonds is 5. The fourth-order valence-corrected chi connectivity index (χ4v) is 4.05. The van der Waals surface area contributed by atoms with Crippen LogP contribution in [0, 0.1) is 0 Å². The zero-order valence-electron chi connectivity index (χ0n) is 13.4. The van der Waals surface area contributed by atoms with Gasteiger partial charge in [-0.25, -0.2) is 0 Å². The van der Waals surface area contributed by atoms with E-state index in [1.54, 1.807) is 18.2 Å². The number of nitrogens with zero attached hydrogens (tertiary/aromatic N) is 1. The number of aryl methyl sites for hydroxylation is 1. The van der Waals surface area contributed by atoms with Crippen molar-refractivity contribution in [3.05, 3.63) is 29.3 Å². The second-order valence-corrected chi connectivity index (χ2v) is 6.70. The first-order chi connectivity index (χ1) is 10.4. The van der Waals surface area contributed by atoms with Crippen molar-refractivity contribution in [2.75, 3.05) is 26.7 Å². The van der Waals surface area contributed by atoms with E-state index < -0.39 is 0 Å². The number of fused-ring (bicyclic) bond motifs is 1. The summed E-state index contributed by atoms with van der Waals surface area (Å²) in [4.78, 5) is 2.67. The maximum absolute atomic E-state index is 5.42. The predicted octanol–water partition coefficient (Wildman–Crippen LogP) is 4.38. The number of benzene rings is 1. The summed E-state index contributed by atoms with van der Waals surface area (Å²) in [5.41, 5.74) is 3.13. The molecule has 1 aliphatic heterocycles. The molecule has 1 aliphatic carbocycles. The van der Waals surface area contributed by atoms with Gasteiger partial charge in [-0.15, -0.1) is 0 Å². The Morgan fingerprint density at radius 1 is 1.14 bits per heavy atom. The average Bonchev–Trinajstić information content (AvgIpc) is 2.55. The number of hydrogen-bond donors (Lipinski definition) is 0. The van der Waals surface area contributed by atoms with Gasteiger partial charge in [0.25, 0.3) is 0 Å². The molecular weight excluding hydrogens is 258 g/mol. The fraction of sp³-hybridized carbons (Fsp3) is 0.684. The Hall–Kier alpha value is -1.02. The van der Waals surface area contributed by atoms with E-state index in [9.17, 15) is 0 Å². The van der Waals surface area contributed by atoms with E-state index in [4.69, 9.17) is 4.74 Å². The Balaban J connectivity index is 1.56. The first-order valence-corrected chi connectivity index (χ1v) is 8.76. The summed E-state index contributed by atoms with van der Waals surface area (Å²) >= 11 is 0. The number of likely N-dealkylation sites (tertiary alicyclic amines) is 1. The van der Waals surface area contributed by atoms with Crippen LogP contribution in [0.3, 0.4) is 0 Å². The molecule has 0 radical (unpaired) electrons. The fourth-order valence-electron chi connectivity index (χ4n) is 4.05. The Labute approximate surface area is 129 Å². The zero-order chi connectivity index (χ0) is 14.5. The summed E-state index contributed by atoms with van der Waals surface area (Å²) in [5, 5.41) is 0. The lowest BCUT2D eigenvalue weighted by Gasteiger charge is -2.29. The molecule has 2 heteroatoms. The van der Waals surface area contributed by atoms with Crippen molar-refractivity contribution >= 4 is 0 Å². The molecule has 21 heavy (non-hydrogen) atoms. The van der Waals surface area contributed by atoms with Crippen molar-refractivity contribution in [3.63, 3.8) is 0 Å². The van der Waals surface area contributed by atoms with Crippen LogP contribution in [0.15, 0.2) is 18.2 Å². The minimum Gasteiger partial charge on any atom is -0.497 e. The molecule has 1 atom stereocenters. The molecule has 2 aliphatic rings. The lowest BCUT2D eigenvalue weighted by Crippen LogP contribution is -2.30. The van der Waals surface area contributed by atoms with Gasteiger partial charge in [0.2, 0.25) is 0 Å². The summed E-state index contributed by atoms with van der Waals surface area (Å²) in [6, 6.07) is 6.69. The second kappa shape index (κ2) is 7.31. The highest BCUT2D eigenvalue weighted by Crippen LogP contribution is 2.36. The molecular formula is C19H29NO. The van der Waals surface area contributed by atoms with Crippen LogP contribution < -0.4 is 4.74 Å². The molecule has 2 nitrogen and oxygen atoms in total. The zero-order valence-corrected chi connectivity index (χ0v) is 13.4. The Kier molecular flexibility index (Phi) is 5.18. The average molecular weight is 287 g/mol. The number of piperidine rings is 1. The molecule has 0 N–H and O–H groups in total. The minimum atomic E-state index is 0.758. The monoisotopic (exact) mass is 287 g/mol. The lowest BCUT2D eigenvalue weighted by atomic mass is 9.80. The molecule has 1 aromatic carbocycles. The highest BCUT2D eigenvalue weighted by molar-refractivity contribution is 5.39. The summed E-state index contributed by atoms with van der Waals surface area (Å²) in [6.07, 6.45) is 10.9. The molecule has 1 aromatic rings. The molecule has 0 unspecified atom stereocenters. The summed E-state index contributed by atoms with van der Waals surface area (Å²) < 4.78 is 5.42. The van der Waals surface area contributed by atoms with Crippen LogP contribution in [0.25, 0.3) is 0 Å². The molecule has 0 spiro atoms. The standard InChI is InChI=1S/C19H29NO/c1-21-18-11-10-17-8-5-7-16(19(17)15-18)9-6-14-20-12-3-2-4-13-20/h10-11,15-16H,2-9,12-14H2,1H3/t16-/m0/s1. The van der Waals surface area contributed by atoms with E-state index in [1.807, 2.05) is 0 Å². The van der Waals surface area contributed by atoms with Gasteiger partial charge in [-0.3, -0.25) is 0 Å². The predicted molar refractivity (Wildman–Crippen MR) is 88.2 cm³/mol. The SMILES string of the molecule is COc1ccc2c(c1)[C@H](CCCN1CCCCC1)CCC2. The maximum atomic E-state index is 5.42. The molecule has 1 fully saturated rings. The molecule has 0 amide bonds. The Morgan fingerprint density at radius 2 is 2.00 bits per heavy atom. The van der Waals surface area contributed by atoms with Crippen molar-refractivity contribution in [1.29, 1.82) is 0 Å². The van der Waals surface area contributed by atoms with E-state index in [1.165, 1.54) is 71.0 Å². The lowest BCUT2D eigenvalue weighted by molar-refractivity contribution is 0.222. The first-order valence-electron chi connectivity index (χ1n) is 8.76. The van der Waals surface area contributed by atoms with Crippen molar-refractivity contribution in [2.24, 2.45) is 0 Å². The van der Waals surface area contributed by atoms with Gasteiger partial charge in [0.15, 0.2) is 0 Å². The third kappa shape index (κ3) is 3.79. The molecule has 0 bridgehead atoms. The quantitative estimate of drug-likeness (QED) is 0.797. The van der Waals surface area contributed by atoms with Gasteiger partial charge in [0.1, 0.15) is 5.75 Å². The topological polar surface area (TPSA) is 12.5 Å². The van der Waals surface area contributed by atoms with E-state index >= 15 is 0 Å². The molecule has 1 heterocycles. The van der Waals surface area contributed by atoms with Crippen LogP contribution in [-0.4, -0.2) is 31.6 Å². The van der Waals surface area contributed by atoms with Crippen LogP contribution in [0.2, 0.25) is 0 Å². The van der Waals surface area contributed by atoms with Crippen LogP contribution in [0.1, 0.15) is 62.0 Å². The van der Waals surface area contributed by atoms with Gasteiger partial charge in [0, 0.05) is 0 Å². The molecule has 1 saturated heterocycles. The van der Waals surface area contributed by atoms with E-state index in [-0.39, 0.29) is 0 Å². The normalized spacial score (nSPS) is 22.8. The van der Waals surface area contributed by atoms with Gasteiger partial charge in [-0.1, -0.05) is 12.5 Å². The molecule has 0 aromatic heterocycles. The van der Waals surface area contributed by atoms with Gasteiger partial charge >= 0.3 is 0 Å². The Bertz CT molecular complexity index is 451. The van der Waals surface area contributed by atoms with Crippen LogP contribution in [-0.2, 0) is 6.42 Å². The van der Waals surface area contributed by atoms with E-state index in [2.05, 4.69) is 23.1 Å². The van der Waals surface area contributed by atoms with Crippen LogP contribution >= 0.6 is 0 Å². The highest BCUT2D eigenvalue weighted by Gasteiger charge is 2.21. The third-order valence-electron chi connectivity index (χ3n) is 5.27. The van der Waals surface area contributed by atoms with Gasteiger partial charge < -0.3 is 9.64 Å². The summed E-state index contributed by atoms with van der Waals surface area (Å²) in [5.74, 6) is 1.78. The summed E-state index contributed by atoms with van der Waals surface area (Å²) in [6.45, 7) is 3.96. The minimum absolute atomic E-state index is 0.758. The van der Waals surface area contributed by atoms with Crippen molar-refractivity contribution in [3.8, 4) is 5.75 Å². The van der Waals surface area contributed by atoms with Crippen molar-refractivity contribution < 1.29 is 4.74 Å². The van der Waals surface area contributed by atoms with Gasteiger partial charge in [-0.2, -0.15) is 0 Å². The molecule has 0 saturated carbocycles. The Morgan fingerprint density at radius 3 is 2.81 bits per heavy atom. The number of ether oxygens (including phenoxy) is 1. The van der Waals surface area contributed by atoms with Gasteiger partial charge in [-0.05, 0) is 93.8 Å². The van der Waals surface area contributed by atoms with E-state index in [0.717, 1.165) is 11.7 Å².